The van der Waals surface area contributed by atoms with Gasteiger partial charge in [-0.2, -0.15) is 13.5 Å². The van der Waals surface area contributed by atoms with Crippen LogP contribution in [0.4, 0.5) is 26.3 Å². The van der Waals surface area contributed by atoms with Gasteiger partial charge in [0.2, 0.25) is 0 Å². The standard InChI is InChI=1S/C10H5F4N3O.C9H4F2O.C6H11N3O2.H46P44/c11-7-1-5(2-8(12)6(7)4-18)9-3-17(10(13)14)16-15-9;1-2-6-3-8(10)7(5-12)9(11)4-6;1-6(2,3)5(10)11-4-8-9-7;1-24(2)35(23)41(36(25(3)4)26(5)6)44(42(37(27(7)8)28(9)10)38(29(11)12)30(13)14)43(39(31(15)16)32(17)18)40(33(19)20)34(21)22/h1-4,10H;1,3-5H;4H2,1-3H3;1-23H2. The number of aromatic nitrogens is 3. The molecule has 0 saturated carbocycles. The van der Waals surface area contributed by atoms with E-state index < -0.39 is 46.4 Å². The number of hydrogen-bond donors (Lipinski definition) is 0. The summed E-state index contributed by atoms with van der Waals surface area (Å²) in [6.07, 6.45) is 5.90. The Morgan fingerprint density at radius 2 is 0.894 bits per heavy atom. The highest BCUT2D eigenvalue weighted by molar-refractivity contribution is 9.50. The fourth-order valence-electron chi connectivity index (χ4n) is 4.95. The van der Waals surface area contributed by atoms with Crippen molar-refractivity contribution in [2.45, 2.75) is 27.3 Å². The van der Waals surface area contributed by atoms with Crippen molar-refractivity contribution in [1.82, 2.24) is 15.0 Å². The van der Waals surface area contributed by atoms with Crippen LogP contribution in [0.25, 0.3) is 21.7 Å². The highest BCUT2D eigenvalue weighted by Gasteiger charge is 2.57. The largest absolute Gasteiger partial charge is 0.459 e. The molecule has 0 amide bonds. The summed E-state index contributed by atoms with van der Waals surface area (Å²) < 4.78 is 81.4. The van der Waals surface area contributed by atoms with Crippen LogP contribution in [-0.4, -0.2) is 40.3 Å². The van der Waals surface area contributed by atoms with E-state index in [1.54, 1.807) is 20.8 Å². The molecule has 0 N–H and O–H groups in total. The van der Waals surface area contributed by atoms with E-state index in [9.17, 15) is 40.7 Å². The van der Waals surface area contributed by atoms with Crippen LogP contribution >= 0.6 is 352 Å². The number of hydrogen-bond acceptors (Lipinski definition) is 7. The van der Waals surface area contributed by atoms with E-state index in [4.69, 9.17) is 12.0 Å². The molecule has 0 radical (unpaired) electrons. The molecule has 85 heavy (non-hydrogen) atoms. The third kappa shape index (κ3) is 35.1. The van der Waals surface area contributed by atoms with Gasteiger partial charge in [-0.25, -0.2) is 17.6 Å². The zero-order valence-corrected chi connectivity index (χ0v) is 89.5. The summed E-state index contributed by atoms with van der Waals surface area (Å²) in [4.78, 5) is 33.9. The van der Waals surface area contributed by atoms with Crippen molar-refractivity contribution in [3.05, 3.63) is 80.9 Å². The number of halogens is 6. The maximum absolute atomic E-state index is 13.3. The third-order valence-corrected chi connectivity index (χ3v) is 309. The second kappa shape index (κ2) is 51.9. The Bertz CT molecular complexity index is 2470. The van der Waals surface area contributed by atoms with Gasteiger partial charge in [-0.3, -0.25) is 14.4 Å². The Kier molecular flexibility index (Phi) is 60.3. The van der Waals surface area contributed by atoms with Crippen LogP contribution in [0.1, 0.15) is 53.6 Å². The highest BCUT2D eigenvalue weighted by Crippen LogP contribution is 3.44. The SMILES string of the molecule is C#Cc1cc(F)c(C=O)c(F)c1.CC(C)(C)C(=O)OCN=[N+]=[N-].O=Cc1c(F)cc(-c2cn(C(F)F)nn2)cc1F.PP(P)P(P)P(P(P(P)P)P(P)P)P(P(P(P(P)P)P(P)P)P(P(P)P)P(P)P)P(P(P(P)P)P(P)P)P(P(P)P)P(P)P. The Balaban J connectivity index is 0.00000137. The van der Waals surface area contributed by atoms with Crippen LogP contribution in [0.15, 0.2) is 35.6 Å². The molecule has 10 nitrogen and oxygen atoms in total. The Labute approximate surface area is 574 Å². The molecule has 0 bridgehead atoms. The molecule has 0 aliphatic carbocycles. The van der Waals surface area contributed by atoms with Crippen molar-refractivity contribution in [1.29, 1.82) is 0 Å². The second-order valence-corrected chi connectivity index (χ2v) is 195. The van der Waals surface area contributed by atoms with E-state index in [-0.39, 0.29) is 194 Å². The molecular formula is C25H66F6N6O4P44. The van der Waals surface area contributed by atoms with E-state index in [0.29, 0.717) is 0 Å². The van der Waals surface area contributed by atoms with Crippen LogP contribution in [-0.2, 0) is 9.53 Å². The topological polar surface area (TPSA) is 140 Å². The third-order valence-electron chi connectivity index (χ3n) is 8.26. The molecule has 2 aromatic carbocycles. The van der Waals surface area contributed by atoms with Crippen molar-refractivity contribution >= 4 is 371 Å². The van der Waals surface area contributed by atoms with Gasteiger partial charge in [0.05, 0.1) is 22.7 Å². The van der Waals surface area contributed by atoms with Gasteiger partial charge in [-0.05, 0) is 197 Å². The molecule has 3 aromatic rings. The first-order valence-electron chi connectivity index (χ1n) is 20.9. The number of carbonyl (C=O) groups is 3. The summed E-state index contributed by atoms with van der Waals surface area (Å²) in [5.41, 5.74) is 5.88. The summed E-state index contributed by atoms with van der Waals surface area (Å²) in [5, 5.41) is 9.52. The summed E-state index contributed by atoms with van der Waals surface area (Å²) in [5.74, 6) is -2.35. The molecule has 482 valence electrons. The number of nitrogens with zero attached hydrogens (tertiary/aromatic N) is 6. The minimum atomic E-state index is -2.89. The fraction of sp³-hybridized carbons (Fsp3) is 0.240. The lowest BCUT2D eigenvalue weighted by Gasteiger charge is -2.57. The molecule has 25 unspecified atom stereocenters. The molecule has 0 fully saturated rings. The van der Waals surface area contributed by atoms with E-state index in [1.807, 2.05) is 0 Å². The molecule has 25 atom stereocenters. The van der Waals surface area contributed by atoms with E-state index in [0.717, 1.165) is 30.5 Å². The van der Waals surface area contributed by atoms with Gasteiger partial charge >= 0.3 is 12.5 Å². The maximum atomic E-state index is 13.3. The van der Waals surface area contributed by atoms with Crippen molar-refractivity contribution in [2.75, 3.05) is 6.73 Å². The van der Waals surface area contributed by atoms with E-state index in [2.05, 4.69) is 236 Å². The number of azide groups is 1. The van der Waals surface area contributed by atoms with Gasteiger partial charge in [0, 0.05) is 16.0 Å². The number of benzene rings is 2. The average Bonchev–Trinajstić information content (AvgIpc) is 3.86. The number of ether oxygens (including phenoxy) is 1. The molecule has 3 rings (SSSR count). The molecule has 60 heteroatoms. The first-order valence-corrected chi connectivity index (χ1v) is 100. The summed E-state index contributed by atoms with van der Waals surface area (Å²) >= 11 is 0. The van der Waals surface area contributed by atoms with E-state index >= 15 is 0 Å². The van der Waals surface area contributed by atoms with Crippen molar-refractivity contribution in [2.24, 2.45) is 10.5 Å². The van der Waals surface area contributed by atoms with Gasteiger partial charge in [0.15, 0.2) is 19.3 Å². The molecule has 0 aliphatic rings. The lowest BCUT2D eigenvalue weighted by atomic mass is 9.98. The van der Waals surface area contributed by atoms with E-state index in [1.165, 1.54) is 0 Å². The average molecular weight is 1990 g/mol. The fourth-order valence-corrected chi connectivity index (χ4v) is 608. The summed E-state index contributed by atoms with van der Waals surface area (Å²) in [6, 6.07) is 3.53. The molecule has 0 saturated heterocycles. The first kappa shape index (κ1) is 98.8. The monoisotopic (exact) mass is 1990 g/mol. The van der Waals surface area contributed by atoms with Crippen molar-refractivity contribution in [3.8, 4) is 23.6 Å². The Morgan fingerprint density at radius 3 is 1.14 bits per heavy atom. The van der Waals surface area contributed by atoms with Gasteiger partial charge in [0.25, 0.3) is 0 Å². The molecule has 1 heterocycles. The highest BCUT2D eigenvalue weighted by atomic mass is 33.6. The van der Waals surface area contributed by atoms with Gasteiger partial charge in [-0.15, -0.1) is 217 Å². The second-order valence-electron chi connectivity index (χ2n) is 15.4. The van der Waals surface area contributed by atoms with Crippen molar-refractivity contribution < 1.29 is 45.5 Å². The lowest BCUT2D eigenvalue weighted by Crippen LogP contribution is -2.22. The minimum Gasteiger partial charge on any atom is -0.459 e. The number of alkyl halides is 2. The lowest BCUT2D eigenvalue weighted by molar-refractivity contribution is -0.152. The minimum absolute atomic E-state index is 0.0322. The van der Waals surface area contributed by atoms with Gasteiger partial charge < -0.3 is 4.74 Å². The normalized spacial score (nSPS) is 13.0. The van der Waals surface area contributed by atoms with Crippen molar-refractivity contribution in [3.63, 3.8) is 0 Å². The Morgan fingerprint density at radius 1 is 0.588 bits per heavy atom. The predicted molar refractivity (Wildman–Crippen MR) is 500 cm³/mol. The van der Waals surface area contributed by atoms with Gasteiger partial charge in [0.1, 0.15) is 29.0 Å². The summed E-state index contributed by atoms with van der Waals surface area (Å²) in [7, 11) is 78.8. The number of carbonyl (C=O) groups excluding carboxylic acids is 3. The zero-order valence-electron chi connectivity index (χ0n) is 44.2. The molecule has 1 aromatic heterocycles. The molecule has 0 aliphatic heterocycles. The number of aldehydes is 2. The van der Waals surface area contributed by atoms with Crippen LogP contribution in [0, 0.1) is 41.0 Å². The van der Waals surface area contributed by atoms with Crippen LogP contribution < -0.4 is 0 Å². The zero-order chi connectivity index (χ0) is 66.5. The van der Waals surface area contributed by atoms with Crippen LogP contribution in [0.2, 0.25) is 0 Å². The predicted octanol–water partition coefficient (Wildman–Crippen LogP) is 31.6. The number of terminal acetylenes is 1. The first-order chi connectivity index (χ1) is 39.1. The number of esters is 1. The molecular weight excluding hydrogens is 1930 g/mol. The number of rotatable bonds is 26. The maximum Gasteiger partial charge on any atom is 0.334 e. The summed E-state index contributed by atoms with van der Waals surface area (Å²) in [6.45, 7) is -0.558. The van der Waals surface area contributed by atoms with Crippen LogP contribution in [0.3, 0.4) is 0 Å². The quantitative estimate of drug-likeness (QED) is 0.0115. The van der Waals surface area contributed by atoms with Crippen LogP contribution in [0.5, 0.6) is 0 Å². The van der Waals surface area contributed by atoms with Gasteiger partial charge in [-0.1, -0.05) is 16.2 Å². The Hall–Kier alpha value is 13.8. The molecule has 0 spiro atoms. The smallest absolute Gasteiger partial charge is 0.334 e.